The van der Waals surface area contributed by atoms with Gasteiger partial charge >= 0.3 is 0 Å². The molecule has 0 atom stereocenters. The van der Waals surface area contributed by atoms with Crippen LogP contribution >= 0.6 is 0 Å². The Bertz CT molecular complexity index is 998. The van der Waals surface area contributed by atoms with Crippen LogP contribution in [0.5, 0.6) is 0 Å². The molecular weight excluding hydrogens is 345 g/mol. The van der Waals surface area contributed by atoms with E-state index in [0.29, 0.717) is 5.39 Å². The predicted octanol–water partition coefficient (Wildman–Crippen LogP) is 7.42. The molecule has 0 nitrogen and oxygen atoms in total. The third-order valence-electron chi connectivity index (χ3n) is 4.70. The summed E-state index contributed by atoms with van der Waals surface area (Å²) in [5, 5.41) is 0.942. The Morgan fingerprint density at radius 1 is 0.926 bits per heavy atom. The smallest absolute Gasteiger partial charge is 0.169 e. The summed E-state index contributed by atoms with van der Waals surface area (Å²) in [5.41, 5.74) is 1.81. The molecule has 3 heteroatoms. The van der Waals surface area contributed by atoms with E-state index in [1.165, 1.54) is 18.2 Å². The van der Waals surface area contributed by atoms with E-state index < -0.39 is 17.5 Å². The zero-order valence-electron chi connectivity index (χ0n) is 15.2. The van der Waals surface area contributed by atoms with E-state index in [2.05, 4.69) is 6.58 Å². The molecule has 3 rings (SSSR count). The molecule has 0 heterocycles. The van der Waals surface area contributed by atoms with Crippen LogP contribution in [0.3, 0.4) is 0 Å². The molecule has 0 aromatic heterocycles. The Hall–Kier alpha value is -2.81. The number of aryl methyl sites for hydroxylation is 2. The molecule has 0 spiro atoms. The van der Waals surface area contributed by atoms with Crippen LogP contribution in [0.25, 0.3) is 22.4 Å². The van der Waals surface area contributed by atoms with E-state index in [4.69, 9.17) is 0 Å². The van der Waals surface area contributed by atoms with E-state index in [0.717, 1.165) is 30.4 Å². The molecule has 0 aliphatic carbocycles. The minimum Gasteiger partial charge on any atom is -0.206 e. The van der Waals surface area contributed by atoms with Crippen molar-refractivity contribution in [3.05, 3.63) is 95.3 Å². The number of hydrogen-bond donors (Lipinski definition) is 0. The van der Waals surface area contributed by atoms with Gasteiger partial charge < -0.3 is 0 Å². The molecule has 0 bridgehead atoms. The lowest BCUT2D eigenvalue weighted by molar-refractivity contribution is 0.622. The van der Waals surface area contributed by atoms with Crippen molar-refractivity contribution in [2.75, 3.05) is 0 Å². The number of halogens is 3. The van der Waals surface area contributed by atoms with Crippen molar-refractivity contribution >= 4 is 22.4 Å². The van der Waals surface area contributed by atoms with Gasteiger partial charge in [0.1, 0.15) is 5.82 Å². The zero-order chi connectivity index (χ0) is 19.4. The highest BCUT2D eigenvalue weighted by molar-refractivity contribution is 5.91. The summed E-state index contributed by atoms with van der Waals surface area (Å²) in [6, 6.07) is 14.7. The van der Waals surface area contributed by atoms with Gasteiger partial charge in [-0.05, 0) is 41.8 Å². The van der Waals surface area contributed by atoms with Crippen molar-refractivity contribution in [2.24, 2.45) is 0 Å². The molecule has 3 aromatic carbocycles. The SMILES string of the molecule is C=CCCc1ccc2c(F)c(C(F)=C(F)c3ccc(CC)cc3)ccc2c1. The maximum absolute atomic E-state index is 14.8. The normalized spacial score (nSPS) is 12.1. The molecule has 3 aromatic rings. The minimum absolute atomic E-state index is 0.101. The van der Waals surface area contributed by atoms with Gasteiger partial charge in [-0.2, -0.15) is 0 Å². The Balaban J connectivity index is 2.01. The van der Waals surface area contributed by atoms with Crippen molar-refractivity contribution in [3.8, 4) is 0 Å². The fourth-order valence-electron chi connectivity index (χ4n) is 3.07. The molecule has 0 saturated carbocycles. The second kappa shape index (κ2) is 8.26. The lowest BCUT2D eigenvalue weighted by Crippen LogP contribution is -1.92. The Labute approximate surface area is 157 Å². The molecule has 0 aliphatic heterocycles. The second-order valence-corrected chi connectivity index (χ2v) is 6.49. The second-order valence-electron chi connectivity index (χ2n) is 6.49. The van der Waals surface area contributed by atoms with Crippen molar-refractivity contribution in [1.82, 2.24) is 0 Å². The van der Waals surface area contributed by atoms with Gasteiger partial charge in [-0.1, -0.05) is 61.5 Å². The largest absolute Gasteiger partial charge is 0.206 e. The van der Waals surface area contributed by atoms with Crippen LogP contribution in [-0.2, 0) is 12.8 Å². The van der Waals surface area contributed by atoms with E-state index >= 15 is 0 Å². The minimum atomic E-state index is -1.19. The first-order valence-electron chi connectivity index (χ1n) is 9.02. The van der Waals surface area contributed by atoms with Crippen LogP contribution in [0.1, 0.15) is 35.6 Å². The summed E-state index contributed by atoms with van der Waals surface area (Å²) in [5.74, 6) is -2.99. The first-order chi connectivity index (χ1) is 13.0. The van der Waals surface area contributed by atoms with Crippen LogP contribution in [0.15, 0.2) is 67.3 Å². The van der Waals surface area contributed by atoms with Crippen LogP contribution < -0.4 is 0 Å². The monoisotopic (exact) mass is 366 g/mol. The topological polar surface area (TPSA) is 0 Å². The number of benzene rings is 3. The first-order valence-corrected chi connectivity index (χ1v) is 9.02. The number of fused-ring (bicyclic) bond motifs is 1. The molecule has 0 saturated heterocycles. The van der Waals surface area contributed by atoms with E-state index in [1.54, 1.807) is 30.3 Å². The van der Waals surface area contributed by atoms with Gasteiger partial charge in [0, 0.05) is 16.5 Å². The molecule has 0 unspecified atom stereocenters. The lowest BCUT2D eigenvalue weighted by Gasteiger charge is -2.08. The molecule has 0 fully saturated rings. The number of allylic oxidation sites excluding steroid dienone is 1. The highest BCUT2D eigenvalue weighted by Crippen LogP contribution is 2.33. The average molecular weight is 366 g/mol. The highest BCUT2D eigenvalue weighted by atomic mass is 19.2. The lowest BCUT2D eigenvalue weighted by atomic mass is 10.00. The van der Waals surface area contributed by atoms with Gasteiger partial charge in [-0.15, -0.1) is 6.58 Å². The Morgan fingerprint density at radius 2 is 1.63 bits per heavy atom. The van der Waals surface area contributed by atoms with E-state index in [-0.39, 0.29) is 16.5 Å². The van der Waals surface area contributed by atoms with Crippen molar-refractivity contribution in [1.29, 1.82) is 0 Å². The van der Waals surface area contributed by atoms with Crippen molar-refractivity contribution in [3.63, 3.8) is 0 Å². The van der Waals surface area contributed by atoms with Crippen LogP contribution in [-0.4, -0.2) is 0 Å². The van der Waals surface area contributed by atoms with E-state index in [1.807, 2.05) is 19.1 Å². The Kier molecular flexibility index (Phi) is 5.80. The summed E-state index contributed by atoms with van der Waals surface area (Å²) in [6.45, 7) is 5.67. The number of rotatable bonds is 6. The summed E-state index contributed by atoms with van der Waals surface area (Å²) < 4.78 is 44.1. The first kappa shape index (κ1) is 19.0. The molecule has 138 valence electrons. The van der Waals surface area contributed by atoms with Crippen LogP contribution in [0.2, 0.25) is 0 Å². The van der Waals surface area contributed by atoms with Crippen LogP contribution in [0, 0.1) is 5.82 Å². The molecule has 0 N–H and O–H groups in total. The zero-order valence-corrected chi connectivity index (χ0v) is 15.2. The molecule has 0 aliphatic rings. The number of hydrogen-bond acceptors (Lipinski definition) is 0. The van der Waals surface area contributed by atoms with Gasteiger partial charge in [0.15, 0.2) is 11.7 Å². The fourth-order valence-corrected chi connectivity index (χ4v) is 3.07. The van der Waals surface area contributed by atoms with Gasteiger partial charge in [-0.25, -0.2) is 13.2 Å². The van der Waals surface area contributed by atoms with Gasteiger partial charge in [0.05, 0.1) is 0 Å². The van der Waals surface area contributed by atoms with Crippen LogP contribution in [0.4, 0.5) is 13.2 Å². The van der Waals surface area contributed by atoms with E-state index in [9.17, 15) is 13.2 Å². The van der Waals surface area contributed by atoms with Gasteiger partial charge in [-0.3, -0.25) is 0 Å². The van der Waals surface area contributed by atoms with Crippen molar-refractivity contribution in [2.45, 2.75) is 26.2 Å². The maximum atomic E-state index is 14.8. The maximum Gasteiger partial charge on any atom is 0.169 e. The third kappa shape index (κ3) is 3.97. The summed E-state index contributed by atoms with van der Waals surface area (Å²) >= 11 is 0. The Morgan fingerprint density at radius 3 is 2.30 bits per heavy atom. The van der Waals surface area contributed by atoms with Gasteiger partial charge in [0.2, 0.25) is 0 Å². The molecule has 27 heavy (non-hydrogen) atoms. The summed E-state index contributed by atoms with van der Waals surface area (Å²) in [4.78, 5) is 0. The van der Waals surface area contributed by atoms with Crippen molar-refractivity contribution < 1.29 is 13.2 Å². The summed E-state index contributed by atoms with van der Waals surface area (Å²) in [7, 11) is 0. The third-order valence-corrected chi connectivity index (χ3v) is 4.70. The molecular formula is C24H21F3. The fraction of sp³-hybridized carbons (Fsp3) is 0.167. The highest BCUT2D eigenvalue weighted by Gasteiger charge is 2.17. The summed E-state index contributed by atoms with van der Waals surface area (Å²) in [6.07, 6.45) is 4.26. The standard InChI is InChI=1S/C24H21F3/c1-3-5-6-17-9-13-20-19(15-17)12-14-21(23(20)26)24(27)22(25)18-10-7-16(4-2)8-11-18/h3,7-15H,1,4-6H2,2H3. The quantitative estimate of drug-likeness (QED) is 0.314. The average Bonchev–Trinajstić information content (AvgIpc) is 2.71. The molecule has 0 radical (unpaired) electrons. The predicted molar refractivity (Wildman–Crippen MR) is 107 cm³/mol. The molecule has 0 amide bonds. The van der Waals surface area contributed by atoms with Gasteiger partial charge in [0.25, 0.3) is 0 Å².